The highest BCUT2D eigenvalue weighted by Gasteiger charge is 2.07. The molecule has 0 aliphatic rings. The fourth-order valence-electron chi connectivity index (χ4n) is 1.87. The highest BCUT2D eigenvalue weighted by Crippen LogP contribution is 2.17. The van der Waals surface area contributed by atoms with Gasteiger partial charge in [-0.15, -0.1) is 0 Å². The molecule has 3 aromatic rings. The number of nitrogens with one attached hydrogen (secondary N) is 1. The van der Waals surface area contributed by atoms with Gasteiger partial charge in [-0.25, -0.2) is 5.10 Å². The zero-order valence-corrected chi connectivity index (χ0v) is 13.3. The van der Waals surface area contributed by atoms with Crippen molar-refractivity contribution in [1.29, 1.82) is 0 Å². The molecule has 0 aliphatic heterocycles. The number of aromatic nitrogens is 3. The maximum absolute atomic E-state index is 5.24. The second-order valence-corrected chi connectivity index (χ2v) is 5.54. The molecule has 0 amide bonds. The Morgan fingerprint density at radius 3 is 2.57 bits per heavy atom. The molecule has 3 rings (SSSR count). The van der Waals surface area contributed by atoms with E-state index < -0.39 is 0 Å². The van der Waals surface area contributed by atoms with Crippen LogP contribution in [0.2, 0.25) is 0 Å². The summed E-state index contributed by atoms with van der Waals surface area (Å²) < 4.78 is 3.05. The molecular formula is C15H11BrN4S. The number of benzene rings is 2. The molecular weight excluding hydrogens is 348 g/mol. The van der Waals surface area contributed by atoms with Crippen LogP contribution in [0.25, 0.3) is 11.4 Å². The number of rotatable bonds is 3. The molecule has 0 spiro atoms. The molecule has 4 nitrogen and oxygen atoms in total. The Bertz CT molecular complexity index is 836. The molecule has 0 saturated heterocycles. The van der Waals surface area contributed by atoms with Crippen molar-refractivity contribution in [3.63, 3.8) is 0 Å². The number of aromatic amines is 1. The summed E-state index contributed by atoms with van der Waals surface area (Å²) in [5.74, 6) is 0.684. The summed E-state index contributed by atoms with van der Waals surface area (Å²) in [6, 6.07) is 17.7. The van der Waals surface area contributed by atoms with Crippen LogP contribution in [0.4, 0.5) is 0 Å². The maximum atomic E-state index is 5.24. The van der Waals surface area contributed by atoms with E-state index >= 15 is 0 Å². The van der Waals surface area contributed by atoms with E-state index in [1.807, 2.05) is 54.6 Å². The number of hydrogen-bond acceptors (Lipinski definition) is 3. The van der Waals surface area contributed by atoms with Gasteiger partial charge in [0.25, 0.3) is 0 Å². The molecule has 1 aromatic heterocycles. The van der Waals surface area contributed by atoms with Crippen LogP contribution in [0.1, 0.15) is 5.56 Å². The quantitative estimate of drug-likeness (QED) is 0.561. The Balaban J connectivity index is 2.02. The SMILES string of the molecule is S=c1[nH]nc(-c2ccccc2)n1/N=C\c1ccccc1Br. The number of halogens is 1. The molecule has 2 aromatic carbocycles. The molecule has 0 fully saturated rings. The summed E-state index contributed by atoms with van der Waals surface area (Å²) in [7, 11) is 0. The van der Waals surface area contributed by atoms with Gasteiger partial charge in [-0.3, -0.25) is 0 Å². The zero-order valence-electron chi connectivity index (χ0n) is 10.9. The molecule has 21 heavy (non-hydrogen) atoms. The van der Waals surface area contributed by atoms with Gasteiger partial charge in [-0.2, -0.15) is 14.9 Å². The lowest BCUT2D eigenvalue weighted by molar-refractivity contribution is 0.871. The predicted octanol–water partition coefficient (Wildman–Crippen LogP) is 4.25. The molecule has 0 saturated carbocycles. The topological polar surface area (TPSA) is 46.0 Å². The van der Waals surface area contributed by atoms with E-state index in [0.717, 1.165) is 15.6 Å². The summed E-state index contributed by atoms with van der Waals surface area (Å²) in [5.41, 5.74) is 1.92. The second kappa shape index (κ2) is 6.15. The Morgan fingerprint density at radius 2 is 1.81 bits per heavy atom. The lowest BCUT2D eigenvalue weighted by atomic mass is 10.2. The van der Waals surface area contributed by atoms with Crippen molar-refractivity contribution in [2.45, 2.75) is 0 Å². The Kier molecular flexibility index (Phi) is 4.08. The van der Waals surface area contributed by atoms with Gasteiger partial charge in [-0.05, 0) is 18.3 Å². The van der Waals surface area contributed by atoms with Gasteiger partial charge in [0.15, 0.2) is 5.82 Å². The second-order valence-electron chi connectivity index (χ2n) is 4.30. The minimum Gasteiger partial charge on any atom is -0.250 e. The van der Waals surface area contributed by atoms with Crippen LogP contribution in [0.15, 0.2) is 64.2 Å². The van der Waals surface area contributed by atoms with Gasteiger partial charge in [0.1, 0.15) is 0 Å². The Morgan fingerprint density at radius 1 is 1.10 bits per heavy atom. The van der Waals surface area contributed by atoms with Crippen molar-refractivity contribution < 1.29 is 0 Å². The van der Waals surface area contributed by atoms with Crippen LogP contribution < -0.4 is 0 Å². The Hall–Kier alpha value is -2.05. The van der Waals surface area contributed by atoms with E-state index in [4.69, 9.17) is 12.2 Å². The van der Waals surface area contributed by atoms with E-state index in [0.29, 0.717) is 10.6 Å². The van der Waals surface area contributed by atoms with Gasteiger partial charge in [0.2, 0.25) is 4.77 Å². The third-order valence-corrected chi connectivity index (χ3v) is 3.89. The van der Waals surface area contributed by atoms with E-state index in [-0.39, 0.29) is 0 Å². The molecule has 104 valence electrons. The number of hydrogen-bond donors (Lipinski definition) is 1. The van der Waals surface area contributed by atoms with Gasteiger partial charge in [0, 0.05) is 15.6 Å². The molecule has 1 heterocycles. The first-order valence-electron chi connectivity index (χ1n) is 6.27. The van der Waals surface area contributed by atoms with Crippen LogP contribution in [-0.4, -0.2) is 21.1 Å². The van der Waals surface area contributed by atoms with Crippen molar-refractivity contribution in [2.75, 3.05) is 0 Å². The van der Waals surface area contributed by atoms with Crippen LogP contribution in [0, 0.1) is 4.77 Å². The third-order valence-electron chi connectivity index (χ3n) is 2.90. The van der Waals surface area contributed by atoms with Gasteiger partial charge < -0.3 is 0 Å². The predicted molar refractivity (Wildman–Crippen MR) is 90.0 cm³/mol. The first-order chi connectivity index (χ1) is 10.3. The van der Waals surface area contributed by atoms with Crippen LogP contribution in [-0.2, 0) is 0 Å². The van der Waals surface area contributed by atoms with Crippen LogP contribution >= 0.6 is 28.1 Å². The number of nitrogens with zero attached hydrogens (tertiary/aromatic N) is 3. The van der Waals surface area contributed by atoms with E-state index in [1.165, 1.54) is 0 Å². The van der Waals surface area contributed by atoms with Crippen LogP contribution in [0.3, 0.4) is 0 Å². The summed E-state index contributed by atoms with van der Waals surface area (Å²) in [5, 5.41) is 11.5. The van der Waals surface area contributed by atoms with Gasteiger partial charge >= 0.3 is 0 Å². The van der Waals surface area contributed by atoms with Crippen molar-refractivity contribution in [1.82, 2.24) is 14.9 Å². The molecule has 0 radical (unpaired) electrons. The zero-order chi connectivity index (χ0) is 14.7. The highest BCUT2D eigenvalue weighted by molar-refractivity contribution is 9.10. The van der Waals surface area contributed by atoms with Gasteiger partial charge in [-0.1, -0.05) is 64.5 Å². The normalized spacial score (nSPS) is 11.1. The minimum atomic E-state index is 0.456. The van der Waals surface area contributed by atoms with Crippen molar-refractivity contribution in [3.8, 4) is 11.4 Å². The molecule has 0 bridgehead atoms. The first-order valence-corrected chi connectivity index (χ1v) is 7.47. The smallest absolute Gasteiger partial charge is 0.216 e. The molecule has 0 atom stereocenters. The average molecular weight is 359 g/mol. The largest absolute Gasteiger partial charge is 0.250 e. The lowest BCUT2D eigenvalue weighted by Crippen LogP contribution is -1.95. The lowest BCUT2D eigenvalue weighted by Gasteiger charge is -2.01. The first kappa shape index (κ1) is 13.9. The maximum Gasteiger partial charge on any atom is 0.216 e. The summed E-state index contributed by atoms with van der Waals surface area (Å²) in [6.07, 6.45) is 1.75. The molecule has 0 aliphatic carbocycles. The molecule has 0 unspecified atom stereocenters. The van der Waals surface area contributed by atoms with Crippen LogP contribution in [0.5, 0.6) is 0 Å². The summed E-state index contributed by atoms with van der Waals surface area (Å²) in [4.78, 5) is 0. The van der Waals surface area contributed by atoms with Crippen molar-refractivity contribution >= 4 is 34.4 Å². The van der Waals surface area contributed by atoms with E-state index in [1.54, 1.807) is 10.9 Å². The minimum absolute atomic E-state index is 0.456. The standard InChI is InChI=1S/C15H11BrN4S/c16-13-9-5-4-8-12(13)10-17-20-14(18-19-15(20)21)11-6-2-1-3-7-11/h1-10H,(H,19,21)/b17-10-. The summed E-state index contributed by atoms with van der Waals surface area (Å²) >= 11 is 8.73. The van der Waals surface area contributed by atoms with E-state index in [2.05, 4.69) is 31.2 Å². The highest BCUT2D eigenvalue weighted by atomic mass is 79.9. The van der Waals surface area contributed by atoms with Crippen molar-refractivity contribution in [2.24, 2.45) is 5.10 Å². The number of H-pyrrole nitrogens is 1. The summed E-state index contributed by atoms with van der Waals surface area (Å²) in [6.45, 7) is 0. The third kappa shape index (κ3) is 3.01. The fourth-order valence-corrected chi connectivity index (χ4v) is 2.44. The molecule has 1 N–H and O–H groups in total. The van der Waals surface area contributed by atoms with E-state index in [9.17, 15) is 0 Å². The average Bonchev–Trinajstić information content (AvgIpc) is 2.88. The Labute approximate surface area is 135 Å². The monoisotopic (exact) mass is 358 g/mol. The van der Waals surface area contributed by atoms with Crippen molar-refractivity contribution in [3.05, 3.63) is 69.4 Å². The molecule has 6 heteroatoms. The van der Waals surface area contributed by atoms with Gasteiger partial charge in [0.05, 0.1) is 6.21 Å². The fraction of sp³-hybridized carbons (Fsp3) is 0.